The van der Waals surface area contributed by atoms with Crippen molar-refractivity contribution in [3.63, 3.8) is 0 Å². The van der Waals surface area contributed by atoms with E-state index in [0.717, 1.165) is 36.2 Å². The maximum atomic E-state index is 13.2. The van der Waals surface area contributed by atoms with Gasteiger partial charge in [0, 0.05) is 5.69 Å². The summed E-state index contributed by atoms with van der Waals surface area (Å²) in [6.45, 7) is 5.37. The third kappa shape index (κ3) is 3.11. The zero-order chi connectivity index (χ0) is 20.1. The Labute approximate surface area is 168 Å². The number of aromatic nitrogens is 1. The number of imide groups is 1. The van der Waals surface area contributed by atoms with E-state index in [9.17, 15) is 9.59 Å². The number of nitrogens with one attached hydrogen (secondary N) is 1. The van der Waals surface area contributed by atoms with Crippen LogP contribution in [0, 0.1) is 0 Å². The highest BCUT2D eigenvalue weighted by molar-refractivity contribution is 6.29. The maximum absolute atomic E-state index is 13.2. The molecule has 1 fully saturated rings. The SMILES string of the molecule is CC(C)(C)OC(=O)N1C(=O)C2(CCC2)c2cc(Nc3ccc(Cl)nc3)ccc21. The van der Waals surface area contributed by atoms with Crippen LogP contribution >= 0.6 is 11.6 Å². The molecule has 1 saturated carbocycles. The average Bonchev–Trinajstić information content (AvgIpc) is 2.83. The summed E-state index contributed by atoms with van der Waals surface area (Å²) in [6, 6.07) is 9.13. The zero-order valence-electron chi connectivity index (χ0n) is 16.1. The normalized spacial score (nSPS) is 17.3. The Hall–Kier alpha value is -2.60. The molecule has 1 aromatic carbocycles. The third-order valence-corrected chi connectivity index (χ3v) is 5.39. The van der Waals surface area contributed by atoms with Crippen LogP contribution in [0.25, 0.3) is 0 Å². The molecule has 1 aliphatic carbocycles. The Morgan fingerprint density at radius 1 is 1.21 bits per heavy atom. The summed E-state index contributed by atoms with van der Waals surface area (Å²) in [5, 5.41) is 3.70. The van der Waals surface area contributed by atoms with Gasteiger partial charge < -0.3 is 10.1 Å². The first-order chi connectivity index (χ1) is 13.2. The fourth-order valence-corrected chi connectivity index (χ4v) is 3.86. The van der Waals surface area contributed by atoms with Gasteiger partial charge in [-0.3, -0.25) is 4.79 Å². The molecule has 1 aliphatic heterocycles. The van der Waals surface area contributed by atoms with Gasteiger partial charge >= 0.3 is 6.09 Å². The number of pyridine rings is 1. The Kier molecular flexibility index (Phi) is 4.34. The van der Waals surface area contributed by atoms with Gasteiger partial charge in [-0.25, -0.2) is 14.7 Å². The lowest BCUT2D eigenvalue weighted by Gasteiger charge is -2.37. The van der Waals surface area contributed by atoms with Gasteiger partial charge in [-0.1, -0.05) is 18.0 Å². The van der Waals surface area contributed by atoms with Crippen LogP contribution in [0.2, 0.25) is 5.15 Å². The van der Waals surface area contributed by atoms with E-state index in [4.69, 9.17) is 16.3 Å². The lowest BCUT2D eigenvalue weighted by Crippen LogP contribution is -2.48. The molecule has 1 spiro atoms. The van der Waals surface area contributed by atoms with Crippen LogP contribution in [-0.4, -0.2) is 22.6 Å². The Bertz CT molecular complexity index is 946. The number of nitrogens with zero attached hydrogens (tertiary/aromatic N) is 2. The topological polar surface area (TPSA) is 71.5 Å². The Morgan fingerprint density at radius 2 is 1.93 bits per heavy atom. The number of carbonyl (C=O) groups is 2. The molecule has 28 heavy (non-hydrogen) atoms. The summed E-state index contributed by atoms with van der Waals surface area (Å²) >= 11 is 5.84. The first-order valence-corrected chi connectivity index (χ1v) is 9.68. The first-order valence-electron chi connectivity index (χ1n) is 9.30. The molecule has 0 atom stereocenters. The number of ether oxygens (including phenoxy) is 1. The van der Waals surface area contributed by atoms with Crippen molar-refractivity contribution >= 4 is 40.7 Å². The van der Waals surface area contributed by atoms with Gasteiger partial charge in [-0.15, -0.1) is 0 Å². The van der Waals surface area contributed by atoms with E-state index >= 15 is 0 Å². The number of amides is 2. The van der Waals surface area contributed by atoms with E-state index < -0.39 is 17.1 Å². The van der Waals surface area contributed by atoms with E-state index in [1.54, 1.807) is 39.1 Å². The van der Waals surface area contributed by atoms with Crippen LogP contribution < -0.4 is 10.2 Å². The van der Waals surface area contributed by atoms with Crippen molar-refractivity contribution in [3.05, 3.63) is 47.2 Å². The highest BCUT2D eigenvalue weighted by Crippen LogP contribution is 2.54. The quantitative estimate of drug-likeness (QED) is 0.704. The van der Waals surface area contributed by atoms with Gasteiger partial charge in [-0.2, -0.15) is 0 Å². The summed E-state index contributed by atoms with van der Waals surface area (Å²) < 4.78 is 5.48. The van der Waals surface area contributed by atoms with E-state index in [1.165, 1.54) is 4.90 Å². The minimum atomic E-state index is -0.671. The van der Waals surface area contributed by atoms with Gasteiger partial charge in [-0.05, 0) is 69.5 Å². The van der Waals surface area contributed by atoms with Crippen molar-refractivity contribution in [2.24, 2.45) is 0 Å². The van der Waals surface area contributed by atoms with Crippen molar-refractivity contribution in [1.82, 2.24) is 4.98 Å². The van der Waals surface area contributed by atoms with Gasteiger partial charge in [0.1, 0.15) is 10.8 Å². The molecule has 0 bridgehead atoms. The lowest BCUT2D eigenvalue weighted by atomic mass is 9.65. The molecule has 146 valence electrons. The molecule has 1 N–H and O–H groups in total. The number of halogens is 1. The summed E-state index contributed by atoms with van der Waals surface area (Å²) in [7, 11) is 0. The smallest absolute Gasteiger partial charge is 0.421 e. The summed E-state index contributed by atoms with van der Waals surface area (Å²) in [6.07, 6.45) is 3.47. The van der Waals surface area contributed by atoms with Crippen LogP contribution in [-0.2, 0) is 14.9 Å². The maximum Gasteiger partial charge on any atom is 0.421 e. The fourth-order valence-electron chi connectivity index (χ4n) is 3.75. The van der Waals surface area contributed by atoms with Crippen molar-refractivity contribution < 1.29 is 14.3 Å². The van der Waals surface area contributed by atoms with Crippen molar-refractivity contribution in [1.29, 1.82) is 0 Å². The third-order valence-electron chi connectivity index (χ3n) is 5.16. The minimum Gasteiger partial charge on any atom is -0.443 e. The number of anilines is 3. The van der Waals surface area contributed by atoms with E-state index in [2.05, 4.69) is 10.3 Å². The molecule has 0 unspecified atom stereocenters. The molecular formula is C21H22ClN3O3. The molecular weight excluding hydrogens is 378 g/mol. The number of rotatable bonds is 2. The molecule has 6 nitrogen and oxygen atoms in total. The van der Waals surface area contributed by atoms with Crippen molar-refractivity contribution in [3.8, 4) is 0 Å². The molecule has 0 radical (unpaired) electrons. The monoisotopic (exact) mass is 399 g/mol. The molecule has 1 aromatic heterocycles. The summed E-state index contributed by atoms with van der Waals surface area (Å²) in [4.78, 5) is 31.2. The van der Waals surface area contributed by atoms with Crippen LogP contribution in [0.5, 0.6) is 0 Å². The molecule has 0 saturated heterocycles. The second kappa shape index (κ2) is 6.48. The number of carbonyl (C=O) groups excluding carboxylic acids is 2. The Balaban J connectivity index is 1.69. The van der Waals surface area contributed by atoms with Gasteiger partial charge in [0.25, 0.3) is 0 Å². The molecule has 2 aliphatic rings. The average molecular weight is 400 g/mol. The second-order valence-corrected chi connectivity index (χ2v) is 8.67. The number of hydrogen-bond donors (Lipinski definition) is 1. The lowest BCUT2D eigenvalue weighted by molar-refractivity contribution is -0.125. The van der Waals surface area contributed by atoms with Crippen LogP contribution in [0.3, 0.4) is 0 Å². The van der Waals surface area contributed by atoms with Crippen LogP contribution in [0.1, 0.15) is 45.6 Å². The van der Waals surface area contributed by atoms with Gasteiger partial charge in [0.15, 0.2) is 0 Å². The molecule has 2 heterocycles. The Morgan fingerprint density at radius 3 is 2.50 bits per heavy atom. The minimum absolute atomic E-state index is 0.187. The van der Waals surface area contributed by atoms with Crippen LogP contribution in [0.15, 0.2) is 36.5 Å². The largest absolute Gasteiger partial charge is 0.443 e. The summed E-state index contributed by atoms with van der Waals surface area (Å²) in [5.74, 6) is -0.187. The highest BCUT2D eigenvalue weighted by atomic mass is 35.5. The summed E-state index contributed by atoms with van der Waals surface area (Å²) in [5.41, 5.74) is 1.81. The standard InChI is InChI=1S/C21H22ClN3O3/c1-20(2,3)28-19(27)25-16-7-5-13(24-14-6-8-17(22)23-12-14)11-15(16)21(18(25)26)9-4-10-21/h5-8,11-12,24H,4,9-10H2,1-3H3. The van der Waals surface area contributed by atoms with E-state index in [1.807, 2.05) is 18.2 Å². The predicted octanol–water partition coefficient (Wildman–Crippen LogP) is 5.18. The van der Waals surface area contributed by atoms with Crippen LogP contribution in [0.4, 0.5) is 21.9 Å². The molecule has 4 rings (SSSR count). The number of benzene rings is 1. The van der Waals surface area contributed by atoms with Crippen molar-refractivity contribution in [2.45, 2.75) is 51.0 Å². The predicted molar refractivity (Wildman–Crippen MR) is 108 cm³/mol. The van der Waals surface area contributed by atoms with Gasteiger partial charge in [0.05, 0.1) is 23.0 Å². The number of fused-ring (bicyclic) bond motifs is 2. The zero-order valence-corrected chi connectivity index (χ0v) is 16.8. The second-order valence-electron chi connectivity index (χ2n) is 8.28. The number of hydrogen-bond acceptors (Lipinski definition) is 5. The first kappa shape index (κ1) is 18.7. The molecule has 2 amide bonds. The fraction of sp³-hybridized carbons (Fsp3) is 0.381. The van der Waals surface area contributed by atoms with E-state index in [-0.39, 0.29) is 5.91 Å². The van der Waals surface area contributed by atoms with Gasteiger partial charge in [0.2, 0.25) is 5.91 Å². The van der Waals surface area contributed by atoms with Crippen molar-refractivity contribution in [2.75, 3.05) is 10.2 Å². The van der Waals surface area contributed by atoms with E-state index in [0.29, 0.717) is 10.8 Å². The highest BCUT2D eigenvalue weighted by Gasteiger charge is 2.56. The molecule has 7 heteroatoms. The molecule has 2 aromatic rings.